The standard InChI is InChI=1S/C16H21N5/c1-13-7-16(20-11-15(13)9-18)19-10-14(8-17)12-21-5-3-2-4-6-21/h7-8,10-11H,2-6,12,17H2,1H3. The van der Waals surface area contributed by atoms with E-state index in [2.05, 4.69) is 20.9 Å². The van der Waals surface area contributed by atoms with Crippen molar-refractivity contribution < 1.29 is 0 Å². The van der Waals surface area contributed by atoms with Crippen LogP contribution in [0.15, 0.2) is 29.0 Å². The molecular formula is C16H21N5. The number of aryl methyl sites for hydroxylation is 1. The Balaban J connectivity index is 2.01. The van der Waals surface area contributed by atoms with Gasteiger partial charge in [-0.05, 0) is 56.3 Å². The van der Waals surface area contributed by atoms with Gasteiger partial charge in [-0.25, -0.2) is 9.98 Å². The predicted molar refractivity (Wildman–Crippen MR) is 84.4 cm³/mol. The molecule has 1 aliphatic heterocycles. The number of piperidine rings is 1. The van der Waals surface area contributed by atoms with Crippen LogP contribution in [-0.4, -0.2) is 35.7 Å². The third kappa shape index (κ3) is 4.40. The Morgan fingerprint density at radius 2 is 2.24 bits per heavy atom. The summed E-state index contributed by atoms with van der Waals surface area (Å²) in [5, 5.41) is 8.89. The van der Waals surface area contributed by atoms with Gasteiger partial charge < -0.3 is 5.73 Å². The molecule has 2 heterocycles. The largest absolute Gasteiger partial charge is 0.404 e. The Kier molecular flexibility index (Phi) is 5.47. The number of hydrogen-bond acceptors (Lipinski definition) is 5. The molecule has 1 aromatic rings. The molecule has 0 amide bonds. The quantitative estimate of drug-likeness (QED) is 0.860. The fourth-order valence-corrected chi connectivity index (χ4v) is 2.39. The molecule has 0 spiro atoms. The van der Waals surface area contributed by atoms with Crippen LogP contribution in [0.1, 0.15) is 30.4 Å². The molecule has 21 heavy (non-hydrogen) atoms. The van der Waals surface area contributed by atoms with Crippen LogP contribution >= 0.6 is 0 Å². The lowest BCUT2D eigenvalue weighted by Gasteiger charge is -2.26. The average Bonchev–Trinajstić information content (AvgIpc) is 2.52. The van der Waals surface area contributed by atoms with E-state index in [1.54, 1.807) is 18.6 Å². The summed E-state index contributed by atoms with van der Waals surface area (Å²) in [5.41, 5.74) is 8.14. The van der Waals surface area contributed by atoms with E-state index in [-0.39, 0.29) is 0 Å². The van der Waals surface area contributed by atoms with Crippen molar-refractivity contribution in [2.45, 2.75) is 26.2 Å². The van der Waals surface area contributed by atoms with Crippen molar-refractivity contribution in [3.8, 4) is 6.07 Å². The molecule has 0 radical (unpaired) electrons. The number of hydrogen-bond donors (Lipinski definition) is 1. The highest BCUT2D eigenvalue weighted by atomic mass is 15.1. The van der Waals surface area contributed by atoms with Crippen molar-refractivity contribution in [2.24, 2.45) is 10.7 Å². The van der Waals surface area contributed by atoms with E-state index < -0.39 is 0 Å². The molecule has 0 atom stereocenters. The van der Waals surface area contributed by atoms with Gasteiger partial charge in [0.15, 0.2) is 5.82 Å². The van der Waals surface area contributed by atoms with Crippen LogP contribution in [0.5, 0.6) is 0 Å². The number of nitriles is 1. The van der Waals surface area contributed by atoms with Gasteiger partial charge in [0, 0.05) is 19.0 Å². The molecule has 0 unspecified atom stereocenters. The Labute approximate surface area is 125 Å². The van der Waals surface area contributed by atoms with E-state index in [0.717, 1.165) is 30.8 Å². The highest BCUT2D eigenvalue weighted by Crippen LogP contribution is 2.14. The number of nitrogens with two attached hydrogens (primary N) is 1. The molecule has 5 nitrogen and oxygen atoms in total. The van der Waals surface area contributed by atoms with E-state index in [1.165, 1.54) is 19.3 Å². The highest BCUT2D eigenvalue weighted by Gasteiger charge is 2.10. The van der Waals surface area contributed by atoms with Crippen molar-refractivity contribution >= 4 is 12.0 Å². The van der Waals surface area contributed by atoms with Crippen LogP contribution in [-0.2, 0) is 0 Å². The zero-order chi connectivity index (χ0) is 15.1. The summed E-state index contributed by atoms with van der Waals surface area (Å²) in [6.45, 7) is 4.96. The normalized spacial score (nSPS) is 17.0. The fraction of sp³-hybridized carbons (Fsp3) is 0.438. The van der Waals surface area contributed by atoms with E-state index in [0.29, 0.717) is 11.4 Å². The molecule has 1 aromatic heterocycles. The van der Waals surface area contributed by atoms with Crippen LogP contribution in [0, 0.1) is 18.3 Å². The van der Waals surface area contributed by atoms with Gasteiger partial charge in [-0.2, -0.15) is 5.26 Å². The Morgan fingerprint density at radius 1 is 1.48 bits per heavy atom. The SMILES string of the molecule is Cc1cc(N=CC(=CN)CN2CCCCC2)ncc1C#N. The lowest BCUT2D eigenvalue weighted by Crippen LogP contribution is -2.31. The Hall–Kier alpha value is -2.19. The van der Waals surface area contributed by atoms with Gasteiger partial charge in [-0.1, -0.05) is 6.42 Å². The van der Waals surface area contributed by atoms with E-state index >= 15 is 0 Å². The first-order valence-corrected chi connectivity index (χ1v) is 7.27. The minimum Gasteiger partial charge on any atom is -0.404 e. The van der Waals surface area contributed by atoms with Gasteiger partial charge in [0.05, 0.1) is 5.56 Å². The van der Waals surface area contributed by atoms with E-state index in [9.17, 15) is 0 Å². The highest BCUT2D eigenvalue weighted by molar-refractivity contribution is 5.81. The van der Waals surface area contributed by atoms with Crippen LogP contribution in [0.3, 0.4) is 0 Å². The number of pyridine rings is 1. The molecule has 0 aromatic carbocycles. The van der Waals surface area contributed by atoms with Gasteiger partial charge in [0.2, 0.25) is 0 Å². The molecule has 0 aliphatic carbocycles. The smallest absolute Gasteiger partial charge is 0.152 e. The minimum atomic E-state index is 0.580. The number of aliphatic imine (C=N–C) groups is 1. The van der Waals surface area contributed by atoms with E-state index in [1.807, 2.05) is 13.0 Å². The molecule has 5 heteroatoms. The third-order valence-corrected chi connectivity index (χ3v) is 3.65. The van der Waals surface area contributed by atoms with Crippen molar-refractivity contribution in [2.75, 3.05) is 19.6 Å². The molecular weight excluding hydrogens is 262 g/mol. The van der Waals surface area contributed by atoms with Crippen molar-refractivity contribution in [3.63, 3.8) is 0 Å². The molecule has 1 aliphatic rings. The lowest BCUT2D eigenvalue weighted by atomic mass is 10.1. The van der Waals surface area contributed by atoms with E-state index in [4.69, 9.17) is 11.0 Å². The van der Waals surface area contributed by atoms with Crippen molar-refractivity contribution in [3.05, 3.63) is 35.2 Å². The first-order valence-electron chi connectivity index (χ1n) is 7.27. The molecule has 2 N–H and O–H groups in total. The van der Waals surface area contributed by atoms with Gasteiger partial charge in [0.25, 0.3) is 0 Å². The Morgan fingerprint density at radius 3 is 2.86 bits per heavy atom. The minimum absolute atomic E-state index is 0.580. The van der Waals surface area contributed by atoms with Crippen LogP contribution in [0.25, 0.3) is 0 Å². The first kappa shape index (κ1) is 15.2. The summed E-state index contributed by atoms with van der Waals surface area (Å²) in [5.74, 6) is 0.601. The number of aromatic nitrogens is 1. The molecule has 1 saturated heterocycles. The number of likely N-dealkylation sites (tertiary alicyclic amines) is 1. The van der Waals surface area contributed by atoms with Crippen molar-refractivity contribution in [1.82, 2.24) is 9.88 Å². The number of rotatable bonds is 4. The first-order chi connectivity index (χ1) is 10.2. The monoisotopic (exact) mass is 283 g/mol. The van der Waals surface area contributed by atoms with Gasteiger partial charge in [0.1, 0.15) is 6.07 Å². The average molecular weight is 283 g/mol. The molecule has 0 saturated carbocycles. The molecule has 0 bridgehead atoms. The molecule has 1 fully saturated rings. The molecule has 2 rings (SSSR count). The van der Waals surface area contributed by atoms with Gasteiger partial charge in [-0.15, -0.1) is 0 Å². The molecule has 110 valence electrons. The van der Waals surface area contributed by atoms with Crippen LogP contribution < -0.4 is 5.73 Å². The zero-order valence-corrected chi connectivity index (χ0v) is 12.4. The Bertz CT molecular complexity index is 577. The summed E-state index contributed by atoms with van der Waals surface area (Å²) >= 11 is 0. The van der Waals surface area contributed by atoms with Crippen molar-refractivity contribution in [1.29, 1.82) is 5.26 Å². The second-order valence-corrected chi connectivity index (χ2v) is 5.31. The van der Waals surface area contributed by atoms with Crippen LogP contribution in [0.2, 0.25) is 0 Å². The maximum atomic E-state index is 8.89. The summed E-state index contributed by atoms with van der Waals surface area (Å²) < 4.78 is 0. The summed E-state index contributed by atoms with van der Waals surface area (Å²) in [6, 6.07) is 3.91. The maximum absolute atomic E-state index is 8.89. The summed E-state index contributed by atoms with van der Waals surface area (Å²) in [6.07, 6.45) is 8.76. The lowest BCUT2D eigenvalue weighted by molar-refractivity contribution is 0.249. The predicted octanol–water partition coefficient (Wildman–Crippen LogP) is 2.29. The summed E-state index contributed by atoms with van der Waals surface area (Å²) in [4.78, 5) is 10.9. The third-order valence-electron chi connectivity index (χ3n) is 3.65. The fourth-order valence-electron chi connectivity index (χ4n) is 2.39. The van der Waals surface area contributed by atoms with Gasteiger partial charge in [-0.3, -0.25) is 4.90 Å². The summed E-state index contributed by atoms with van der Waals surface area (Å²) in [7, 11) is 0. The van der Waals surface area contributed by atoms with Gasteiger partial charge >= 0.3 is 0 Å². The van der Waals surface area contributed by atoms with Crippen LogP contribution in [0.4, 0.5) is 5.82 Å². The zero-order valence-electron chi connectivity index (χ0n) is 12.4. The number of nitrogens with zero attached hydrogens (tertiary/aromatic N) is 4. The topological polar surface area (TPSA) is 78.3 Å². The maximum Gasteiger partial charge on any atom is 0.152 e. The second kappa shape index (κ2) is 7.55. The second-order valence-electron chi connectivity index (χ2n) is 5.31.